The van der Waals surface area contributed by atoms with Crippen LogP contribution < -0.4 is 0 Å². The molecule has 0 radical (unpaired) electrons. The molecule has 0 bridgehead atoms. The third-order valence-corrected chi connectivity index (χ3v) is 6.95. The van der Waals surface area contributed by atoms with Crippen LogP contribution in [0.3, 0.4) is 0 Å². The summed E-state index contributed by atoms with van der Waals surface area (Å²) in [5.41, 5.74) is 2.42. The molecule has 3 unspecified atom stereocenters. The second kappa shape index (κ2) is 10.2. The Balaban J connectivity index is 1.36. The van der Waals surface area contributed by atoms with E-state index in [0.29, 0.717) is 42.7 Å². The second-order valence-electron chi connectivity index (χ2n) is 8.80. The molecule has 0 spiro atoms. The van der Waals surface area contributed by atoms with Crippen LogP contribution in [0, 0.1) is 17.8 Å². The number of carbonyl (C=O) groups is 2. The lowest BCUT2D eigenvalue weighted by atomic mass is 9.64. The van der Waals surface area contributed by atoms with Crippen LogP contribution in [0.15, 0.2) is 24.3 Å². The van der Waals surface area contributed by atoms with Gasteiger partial charge in [0.05, 0.1) is 0 Å². The number of aryl methyl sites for hydroxylation is 1. The van der Waals surface area contributed by atoms with Crippen molar-refractivity contribution in [3.05, 3.63) is 35.4 Å². The third kappa shape index (κ3) is 5.77. The fraction of sp³-hybridized carbons (Fsp3) is 0.680. The van der Waals surface area contributed by atoms with E-state index >= 15 is 0 Å². The fourth-order valence-corrected chi connectivity index (χ4v) is 5.35. The maximum Gasteiger partial charge on any atom is 0.137 e. The first-order valence-corrected chi connectivity index (χ1v) is 11.3. The first kappa shape index (κ1) is 20.3. The molecule has 2 fully saturated rings. The Morgan fingerprint density at radius 1 is 0.852 bits per heavy atom. The van der Waals surface area contributed by atoms with Crippen molar-refractivity contribution in [3.8, 4) is 0 Å². The van der Waals surface area contributed by atoms with Gasteiger partial charge >= 0.3 is 0 Å². The van der Waals surface area contributed by atoms with E-state index in [0.717, 1.165) is 37.2 Å². The molecule has 1 aromatic carbocycles. The number of ketones is 2. The molecule has 0 amide bonds. The van der Waals surface area contributed by atoms with Gasteiger partial charge in [-0.05, 0) is 55.1 Å². The highest BCUT2D eigenvalue weighted by Crippen LogP contribution is 2.44. The Hall–Kier alpha value is -1.44. The first-order chi connectivity index (χ1) is 13.2. The molecule has 0 aromatic heterocycles. The maximum absolute atomic E-state index is 12.8. The van der Waals surface area contributed by atoms with Gasteiger partial charge in [0.1, 0.15) is 11.6 Å². The average molecular weight is 369 g/mol. The highest BCUT2D eigenvalue weighted by Gasteiger charge is 2.37. The molecule has 2 aliphatic rings. The SMILES string of the molecule is CCc1ccc(CC(=O)CCCCC(=O)C2CCCC3CCCCC32)cc1. The van der Waals surface area contributed by atoms with Crippen molar-refractivity contribution in [2.24, 2.45) is 17.8 Å². The quantitative estimate of drug-likeness (QED) is 0.494. The Morgan fingerprint density at radius 3 is 2.30 bits per heavy atom. The predicted molar refractivity (Wildman–Crippen MR) is 111 cm³/mol. The maximum atomic E-state index is 12.8. The normalized spacial score (nSPS) is 25.0. The highest BCUT2D eigenvalue weighted by atomic mass is 16.1. The zero-order chi connectivity index (χ0) is 19.1. The van der Waals surface area contributed by atoms with Crippen molar-refractivity contribution in [1.82, 2.24) is 0 Å². The predicted octanol–water partition coefficient (Wildman–Crippen LogP) is 6.10. The molecule has 3 atom stereocenters. The Bertz CT molecular complexity index is 614. The summed E-state index contributed by atoms with van der Waals surface area (Å²) in [6.07, 6.45) is 13.6. The second-order valence-corrected chi connectivity index (χ2v) is 8.80. The van der Waals surface area contributed by atoms with Gasteiger partial charge in [-0.25, -0.2) is 0 Å². The van der Waals surface area contributed by atoms with Crippen molar-refractivity contribution in [2.75, 3.05) is 0 Å². The van der Waals surface area contributed by atoms with Gasteiger partial charge in [0.2, 0.25) is 0 Å². The van der Waals surface area contributed by atoms with E-state index in [4.69, 9.17) is 0 Å². The molecule has 0 saturated heterocycles. The van der Waals surface area contributed by atoms with Crippen LogP contribution in [0.25, 0.3) is 0 Å². The summed E-state index contributed by atoms with van der Waals surface area (Å²) in [6.45, 7) is 2.14. The molecule has 27 heavy (non-hydrogen) atoms. The lowest BCUT2D eigenvalue weighted by molar-refractivity contribution is -0.127. The van der Waals surface area contributed by atoms with E-state index < -0.39 is 0 Å². The summed E-state index contributed by atoms with van der Waals surface area (Å²) in [4.78, 5) is 25.0. The number of hydrogen-bond donors (Lipinski definition) is 0. The van der Waals surface area contributed by atoms with E-state index in [1.54, 1.807) is 0 Å². The summed E-state index contributed by atoms with van der Waals surface area (Å²) in [6, 6.07) is 8.38. The molecule has 2 heteroatoms. The van der Waals surface area contributed by atoms with Crippen LogP contribution in [0.1, 0.15) is 88.7 Å². The van der Waals surface area contributed by atoms with Gasteiger partial charge in [-0.3, -0.25) is 9.59 Å². The molecule has 1 aromatic rings. The number of benzene rings is 1. The Kier molecular flexibility index (Phi) is 7.67. The third-order valence-electron chi connectivity index (χ3n) is 6.95. The first-order valence-electron chi connectivity index (χ1n) is 11.3. The summed E-state index contributed by atoms with van der Waals surface area (Å²) in [5.74, 6) is 2.62. The molecule has 2 nitrogen and oxygen atoms in total. The molecule has 2 saturated carbocycles. The average Bonchev–Trinajstić information content (AvgIpc) is 2.71. The van der Waals surface area contributed by atoms with E-state index in [2.05, 4.69) is 31.2 Å². The van der Waals surface area contributed by atoms with Crippen molar-refractivity contribution < 1.29 is 9.59 Å². The molecule has 0 aliphatic heterocycles. The molecule has 148 valence electrons. The molecule has 2 aliphatic carbocycles. The zero-order valence-electron chi connectivity index (χ0n) is 17.1. The largest absolute Gasteiger partial charge is 0.299 e. The van der Waals surface area contributed by atoms with E-state index in [1.807, 2.05) is 0 Å². The van der Waals surface area contributed by atoms with Gasteiger partial charge in [0.25, 0.3) is 0 Å². The lowest BCUT2D eigenvalue weighted by Gasteiger charge is -2.40. The zero-order valence-corrected chi connectivity index (χ0v) is 17.1. The van der Waals surface area contributed by atoms with E-state index in [9.17, 15) is 9.59 Å². The van der Waals surface area contributed by atoms with Crippen molar-refractivity contribution >= 4 is 11.6 Å². The van der Waals surface area contributed by atoms with Gasteiger partial charge in [-0.15, -0.1) is 0 Å². The topological polar surface area (TPSA) is 34.1 Å². The molecular weight excluding hydrogens is 332 g/mol. The Morgan fingerprint density at radius 2 is 1.52 bits per heavy atom. The lowest BCUT2D eigenvalue weighted by Crippen LogP contribution is -2.35. The highest BCUT2D eigenvalue weighted by molar-refractivity contribution is 5.82. The summed E-state index contributed by atoms with van der Waals surface area (Å²) < 4.78 is 0. The van der Waals surface area contributed by atoms with Crippen LogP contribution in [0.4, 0.5) is 0 Å². The number of rotatable bonds is 9. The number of unbranched alkanes of at least 4 members (excludes halogenated alkanes) is 1. The molecule has 0 N–H and O–H groups in total. The van der Waals surface area contributed by atoms with Crippen molar-refractivity contribution in [3.63, 3.8) is 0 Å². The summed E-state index contributed by atoms with van der Waals surface area (Å²) in [5, 5.41) is 0. The minimum atomic E-state index is 0.303. The van der Waals surface area contributed by atoms with Gasteiger partial charge in [-0.2, -0.15) is 0 Å². The minimum absolute atomic E-state index is 0.303. The standard InChI is InChI=1S/C25H36O2/c1-2-19-14-16-20(17-15-19)18-22(26)10-4-6-13-25(27)24-12-7-9-21-8-3-5-11-23(21)24/h14-17,21,23-24H,2-13,18H2,1H3. The summed E-state index contributed by atoms with van der Waals surface area (Å²) in [7, 11) is 0. The number of hydrogen-bond acceptors (Lipinski definition) is 2. The van der Waals surface area contributed by atoms with Gasteiger partial charge in [0, 0.05) is 25.2 Å². The van der Waals surface area contributed by atoms with Crippen LogP contribution >= 0.6 is 0 Å². The fourth-order valence-electron chi connectivity index (χ4n) is 5.35. The molecule has 0 heterocycles. The van der Waals surface area contributed by atoms with Crippen LogP contribution in [0.2, 0.25) is 0 Å². The van der Waals surface area contributed by atoms with Gasteiger partial charge in [0.15, 0.2) is 0 Å². The monoisotopic (exact) mass is 368 g/mol. The van der Waals surface area contributed by atoms with Crippen LogP contribution in [0.5, 0.6) is 0 Å². The Labute approximate surface area is 165 Å². The van der Waals surface area contributed by atoms with E-state index in [1.165, 1.54) is 44.1 Å². The van der Waals surface area contributed by atoms with Crippen molar-refractivity contribution in [2.45, 2.75) is 90.4 Å². The van der Waals surface area contributed by atoms with Crippen LogP contribution in [-0.2, 0) is 22.4 Å². The number of carbonyl (C=O) groups excluding carboxylic acids is 2. The van der Waals surface area contributed by atoms with E-state index in [-0.39, 0.29) is 0 Å². The van der Waals surface area contributed by atoms with Crippen LogP contribution in [-0.4, -0.2) is 11.6 Å². The smallest absolute Gasteiger partial charge is 0.137 e. The molecule has 3 rings (SSSR count). The van der Waals surface area contributed by atoms with Crippen molar-refractivity contribution in [1.29, 1.82) is 0 Å². The number of fused-ring (bicyclic) bond motifs is 1. The minimum Gasteiger partial charge on any atom is -0.299 e. The molecular formula is C25H36O2. The van der Waals surface area contributed by atoms with Gasteiger partial charge in [-0.1, -0.05) is 63.3 Å². The number of Topliss-reactive ketones (excluding diaryl/α,β-unsaturated/α-hetero) is 2. The summed E-state index contributed by atoms with van der Waals surface area (Å²) >= 11 is 0. The van der Waals surface area contributed by atoms with Gasteiger partial charge < -0.3 is 0 Å².